The zero-order chi connectivity index (χ0) is 17.6. The molecule has 2 aromatic rings. The van der Waals surface area contributed by atoms with E-state index in [0.29, 0.717) is 19.0 Å². The second kappa shape index (κ2) is 7.67. The maximum absolute atomic E-state index is 12.2. The zero-order valence-electron chi connectivity index (χ0n) is 13.4. The van der Waals surface area contributed by atoms with E-state index in [1.54, 1.807) is 18.3 Å². The molecule has 1 aliphatic heterocycles. The average Bonchev–Trinajstić information content (AvgIpc) is 2.67. The van der Waals surface area contributed by atoms with Gasteiger partial charge in [0.05, 0.1) is 24.7 Å². The molecule has 0 atom stereocenters. The van der Waals surface area contributed by atoms with E-state index < -0.39 is 10.8 Å². The molecule has 1 amide bonds. The van der Waals surface area contributed by atoms with Gasteiger partial charge in [0.1, 0.15) is 17.2 Å². The van der Waals surface area contributed by atoms with Crippen molar-refractivity contribution >= 4 is 17.4 Å². The highest BCUT2D eigenvalue weighted by Crippen LogP contribution is 2.17. The lowest BCUT2D eigenvalue weighted by Crippen LogP contribution is -2.37. The molecule has 1 saturated heterocycles. The fourth-order valence-electron chi connectivity index (χ4n) is 2.52. The summed E-state index contributed by atoms with van der Waals surface area (Å²) in [5.41, 5.74) is -0.222. The summed E-state index contributed by atoms with van der Waals surface area (Å²) in [5, 5.41) is 13.6. The molecule has 2 heterocycles. The number of nitrogens with one attached hydrogen (secondary N) is 1. The number of ether oxygens (including phenoxy) is 1. The molecular weight excluding hydrogens is 326 g/mol. The Morgan fingerprint density at radius 2 is 2.04 bits per heavy atom. The van der Waals surface area contributed by atoms with Crippen LogP contribution in [0.15, 0.2) is 36.5 Å². The standard InChI is InChI=1S/C16H17N5O4/c22-16(12-3-1-2-4-13(12)21(23)24)18-11-14-17-6-5-15(19-14)20-7-9-25-10-8-20/h1-6H,7-11H2,(H,18,22). The summed E-state index contributed by atoms with van der Waals surface area (Å²) in [4.78, 5) is 33.3. The number of para-hydroxylation sites is 1. The van der Waals surface area contributed by atoms with E-state index in [1.807, 2.05) is 0 Å². The van der Waals surface area contributed by atoms with Crippen LogP contribution < -0.4 is 10.2 Å². The zero-order valence-corrected chi connectivity index (χ0v) is 13.4. The van der Waals surface area contributed by atoms with Gasteiger partial charge in [-0.15, -0.1) is 0 Å². The van der Waals surface area contributed by atoms with Crippen molar-refractivity contribution in [3.05, 3.63) is 58.0 Å². The number of carbonyl (C=O) groups excluding carboxylic acids is 1. The fourth-order valence-corrected chi connectivity index (χ4v) is 2.52. The minimum atomic E-state index is -0.579. The summed E-state index contributed by atoms with van der Waals surface area (Å²) in [6.07, 6.45) is 1.63. The van der Waals surface area contributed by atoms with E-state index in [4.69, 9.17) is 4.74 Å². The van der Waals surface area contributed by atoms with Gasteiger partial charge in [-0.25, -0.2) is 9.97 Å². The van der Waals surface area contributed by atoms with Crippen LogP contribution >= 0.6 is 0 Å². The summed E-state index contributed by atoms with van der Waals surface area (Å²) < 4.78 is 5.31. The first-order valence-electron chi connectivity index (χ1n) is 7.81. The molecule has 1 aromatic carbocycles. The number of morpholine rings is 1. The third kappa shape index (κ3) is 4.07. The lowest BCUT2D eigenvalue weighted by atomic mass is 10.1. The van der Waals surface area contributed by atoms with Crippen molar-refractivity contribution in [2.75, 3.05) is 31.2 Å². The number of hydrogen-bond donors (Lipinski definition) is 1. The van der Waals surface area contributed by atoms with Gasteiger partial charge in [-0.3, -0.25) is 14.9 Å². The van der Waals surface area contributed by atoms with E-state index in [1.165, 1.54) is 18.2 Å². The van der Waals surface area contributed by atoms with Gasteiger partial charge in [0.25, 0.3) is 11.6 Å². The Bertz CT molecular complexity index is 777. The van der Waals surface area contributed by atoms with Crippen LogP contribution in [-0.4, -0.2) is 47.1 Å². The largest absolute Gasteiger partial charge is 0.378 e. The van der Waals surface area contributed by atoms with E-state index in [9.17, 15) is 14.9 Å². The number of amides is 1. The van der Waals surface area contributed by atoms with Gasteiger partial charge < -0.3 is 15.0 Å². The minimum Gasteiger partial charge on any atom is -0.378 e. The molecule has 1 aromatic heterocycles. The van der Waals surface area contributed by atoms with Crippen molar-refractivity contribution in [3.8, 4) is 0 Å². The second-order valence-electron chi connectivity index (χ2n) is 5.39. The van der Waals surface area contributed by atoms with Gasteiger partial charge in [-0.05, 0) is 12.1 Å². The molecule has 0 unspecified atom stereocenters. The molecule has 1 fully saturated rings. The first-order chi connectivity index (χ1) is 12.1. The molecular formula is C16H17N5O4. The van der Waals surface area contributed by atoms with Crippen molar-refractivity contribution in [2.45, 2.75) is 6.54 Å². The average molecular weight is 343 g/mol. The van der Waals surface area contributed by atoms with Gasteiger partial charge in [0.2, 0.25) is 0 Å². The van der Waals surface area contributed by atoms with Gasteiger partial charge in [0.15, 0.2) is 0 Å². The Labute approximate surface area is 143 Å². The van der Waals surface area contributed by atoms with Gasteiger partial charge >= 0.3 is 0 Å². The van der Waals surface area contributed by atoms with Crippen LogP contribution in [0.1, 0.15) is 16.2 Å². The number of rotatable bonds is 5. The van der Waals surface area contributed by atoms with Gasteiger partial charge in [0, 0.05) is 25.4 Å². The first kappa shape index (κ1) is 16.8. The number of benzene rings is 1. The summed E-state index contributed by atoms with van der Waals surface area (Å²) in [7, 11) is 0. The molecule has 0 aliphatic carbocycles. The number of anilines is 1. The van der Waals surface area contributed by atoms with Crippen molar-refractivity contribution < 1.29 is 14.5 Å². The van der Waals surface area contributed by atoms with Gasteiger partial charge in [-0.2, -0.15) is 0 Å². The number of carbonyl (C=O) groups is 1. The van der Waals surface area contributed by atoms with Crippen molar-refractivity contribution in [3.63, 3.8) is 0 Å². The van der Waals surface area contributed by atoms with Crippen molar-refractivity contribution in [1.29, 1.82) is 0 Å². The Balaban J connectivity index is 1.67. The molecule has 3 rings (SSSR count). The van der Waals surface area contributed by atoms with Crippen molar-refractivity contribution in [2.24, 2.45) is 0 Å². The maximum Gasteiger partial charge on any atom is 0.282 e. The van der Waals surface area contributed by atoms with Crippen LogP contribution in [0.2, 0.25) is 0 Å². The quantitative estimate of drug-likeness (QED) is 0.640. The van der Waals surface area contributed by atoms with E-state index in [0.717, 1.165) is 18.9 Å². The molecule has 0 radical (unpaired) electrons. The number of aromatic nitrogens is 2. The first-order valence-corrected chi connectivity index (χ1v) is 7.81. The monoisotopic (exact) mass is 343 g/mol. The summed E-state index contributed by atoms with van der Waals surface area (Å²) in [5.74, 6) is 0.678. The molecule has 130 valence electrons. The highest BCUT2D eigenvalue weighted by atomic mass is 16.6. The summed E-state index contributed by atoms with van der Waals surface area (Å²) in [6.45, 7) is 2.88. The topological polar surface area (TPSA) is 110 Å². The predicted molar refractivity (Wildman–Crippen MR) is 89.3 cm³/mol. The number of nitro benzene ring substituents is 1. The van der Waals surface area contributed by atoms with Crippen LogP contribution in [0.4, 0.5) is 11.5 Å². The third-order valence-electron chi connectivity index (χ3n) is 3.78. The third-order valence-corrected chi connectivity index (χ3v) is 3.78. The molecule has 0 bridgehead atoms. The molecule has 9 heteroatoms. The molecule has 0 spiro atoms. The van der Waals surface area contributed by atoms with Gasteiger partial charge in [-0.1, -0.05) is 12.1 Å². The van der Waals surface area contributed by atoms with Crippen LogP contribution in [0.5, 0.6) is 0 Å². The SMILES string of the molecule is O=C(NCc1nccc(N2CCOCC2)n1)c1ccccc1[N+](=O)[O-]. The lowest BCUT2D eigenvalue weighted by molar-refractivity contribution is -0.385. The summed E-state index contributed by atoms with van der Waals surface area (Å²) >= 11 is 0. The molecule has 1 aliphatic rings. The summed E-state index contributed by atoms with van der Waals surface area (Å²) in [6, 6.07) is 7.61. The highest BCUT2D eigenvalue weighted by molar-refractivity contribution is 5.98. The molecule has 1 N–H and O–H groups in total. The molecule has 0 saturated carbocycles. The van der Waals surface area contributed by atoms with Crippen LogP contribution in [-0.2, 0) is 11.3 Å². The highest BCUT2D eigenvalue weighted by Gasteiger charge is 2.19. The maximum atomic E-state index is 12.2. The number of hydrogen-bond acceptors (Lipinski definition) is 7. The van der Waals surface area contributed by atoms with Crippen LogP contribution in [0.3, 0.4) is 0 Å². The smallest absolute Gasteiger partial charge is 0.282 e. The Morgan fingerprint density at radius 3 is 2.80 bits per heavy atom. The van der Waals surface area contributed by atoms with Crippen LogP contribution in [0.25, 0.3) is 0 Å². The van der Waals surface area contributed by atoms with E-state index in [-0.39, 0.29) is 17.8 Å². The predicted octanol–water partition coefficient (Wildman–Crippen LogP) is 1.15. The number of nitro groups is 1. The Hall–Kier alpha value is -3.07. The Morgan fingerprint density at radius 1 is 1.28 bits per heavy atom. The number of nitrogens with zero attached hydrogens (tertiary/aromatic N) is 4. The molecule has 9 nitrogen and oxygen atoms in total. The van der Waals surface area contributed by atoms with Crippen molar-refractivity contribution in [1.82, 2.24) is 15.3 Å². The normalized spacial score (nSPS) is 14.2. The van der Waals surface area contributed by atoms with E-state index >= 15 is 0 Å². The van der Waals surface area contributed by atoms with Crippen LogP contribution in [0, 0.1) is 10.1 Å². The van der Waals surface area contributed by atoms with E-state index in [2.05, 4.69) is 20.2 Å². The Kier molecular flexibility index (Phi) is 5.14. The molecule has 25 heavy (non-hydrogen) atoms. The fraction of sp³-hybridized carbons (Fsp3) is 0.312. The second-order valence-corrected chi connectivity index (χ2v) is 5.39. The lowest BCUT2D eigenvalue weighted by Gasteiger charge is -2.27. The minimum absolute atomic E-state index is 0.0110.